The summed E-state index contributed by atoms with van der Waals surface area (Å²) < 4.78 is 16.3. The lowest BCUT2D eigenvalue weighted by Gasteiger charge is -2.39. The number of hydrogen-bond acceptors (Lipinski definition) is 5. The lowest BCUT2D eigenvalue weighted by Crippen LogP contribution is -2.55. The molecular formula is C12H23NO4. The SMILES string of the molecule is CCOC(=O)[C@H]1CCC(OCC)(OCC)CN1. The van der Waals surface area contributed by atoms with Crippen LogP contribution in [0.1, 0.15) is 33.6 Å². The molecule has 0 aliphatic carbocycles. The summed E-state index contributed by atoms with van der Waals surface area (Å²) >= 11 is 0. The van der Waals surface area contributed by atoms with Crippen LogP contribution in [0.25, 0.3) is 0 Å². The molecule has 0 unspecified atom stereocenters. The Morgan fingerprint density at radius 3 is 2.29 bits per heavy atom. The quantitative estimate of drug-likeness (QED) is 0.560. The molecule has 0 bridgehead atoms. The van der Waals surface area contributed by atoms with Crippen LogP contribution in [-0.4, -0.2) is 44.2 Å². The average Bonchev–Trinajstić information content (AvgIpc) is 2.31. The fraction of sp³-hybridized carbons (Fsp3) is 0.917. The number of carbonyl (C=O) groups excluding carboxylic acids is 1. The molecule has 5 nitrogen and oxygen atoms in total. The summed E-state index contributed by atoms with van der Waals surface area (Å²) in [5, 5.41) is 3.14. The highest BCUT2D eigenvalue weighted by molar-refractivity contribution is 5.75. The monoisotopic (exact) mass is 245 g/mol. The van der Waals surface area contributed by atoms with Crippen molar-refractivity contribution >= 4 is 5.97 Å². The first-order valence-corrected chi connectivity index (χ1v) is 6.35. The van der Waals surface area contributed by atoms with Gasteiger partial charge in [-0.15, -0.1) is 0 Å². The highest BCUT2D eigenvalue weighted by Gasteiger charge is 2.38. The normalized spacial score (nSPS) is 23.4. The van der Waals surface area contributed by atoms with Gasteiger partial charge < -0.3 is 14.2 Å². The Morgan fingerprint density at radius 2 is 1.88 bits per heavy atom. The molecule has 1 aliphatic rings. The lowest BCUT2D eigenvalue weighted by atomic mass is 9.99. The molecule has 1 fully saturated rings. The summed E-state index contributed by atoms with van der Waals surface area (Å²) in [4.78, 5) is 11.6. The van der Waals surface area contributed by atoms with Crippen LogP contribution in [0.5, 0.6) is 0 Å². The number of piperidine rings is 1. The molecule has 1 heterocycles. The first-order valence-electron chi connectivity index (χ1n) is 6.35. The van der Waals surface area contributed by atoms with E-state index in [2.05, 4.69) is 5.32 Å². The van der Waals surface area contributed by atoms with Crippen LogP contribution in [0.4, 0.5) is 0 Å². The van der Waals surface area contributed by atoms with Crippen molar-refractivity contribution in [3.8, 4) is 0 Å². The Morgan fingerprint density at radius 1 is 1.24 bits per heavy atom. The molecule has 0 aromatic carbocycles. The van der Waals surface area contributed by atoms with Crippen molar-refractivity contribution in [2.75, 3.05) is 26.4 Å². The first-order chi connectivity index (χ1) is 8.17. The van der Waals surface area contributed by atoms with E-state index in [0.29, 0.717) is 39.2 Å². The van der Waals surface area contributed by atoms with Crippen LogP contribution in [-0.2, 0) is 19.0 Å². The third kappa shape index (κ3) is 3.94. The Bertz CT molecular complexity index is 229. The highest BCUT2D eigenvalue weighted by Crippen LogP contribution is 2.25. The zero-order chi connectivity index (χ0) is 12.7. The number of ether oxygens (including phenoxy) is 3. The van der Waals surface area contributed by atoms with E-state index in [4.69, 9.17) is 14.2 Å². The number of nitrogens with one attached hydrogen (secondary N) is 1. The minimum absolute atomic E-state index is 0.186. The number of hydrogen-bond donors (Lipinski definition) is 1. The van der Waals surface area contributed by atoms with Crippen molar-refractivity contribution in [2.24, 2.45) is 0 Å². The molecule has 0 amide bonds. The molecular weight excluding hydrogens is 222 g/mol. The standard InChI is InChI=1S/C12H23NO4/c1-4-15-11(14)10-7-8-12(9-13-10,16-5-2)17-6-3/h10,13H,4-9H2,1-3H3/t10-/m1/s1. The first kappa shape index (κ1) is 14.4. The maximum Gasteiger partial charge on any atom is 0.323 e. The second kappa shape index (κ2) is 6.93. The van der Waals surface area contributed by atoms with Crippen molar-refractivity contribution in [3.63, 3.8) is 0 Å². The van der Waals surface area contributed by atoms with Crippen LogP contribution in [0.15, 0.2) is 0 Å². The molecule has 0 spiro atoms. The van der Waals surface area contributed by atoms with Crippen LogP contribution < -0.4 is 5.32 Å². The topological polar surface area (TPSA) is 56.8 Å². The Labute approximate surface area is 103 Å². The molecule has 1 atom stereocenters. The molecule has 0 aromatic heterocycles. The third-order valence-electron chi connectivity index (χ3n) is 2.82. The molecule has 0 radical (unpaired) electrons. The molecule has 17 heavy (non-hydrogen) atoms. The van der Waals surface area contributed by atoms with Crippen molar-refractivity contribution in [3.05, 3.63) is 0 Å². The molecule has 0 saturated carbocycles. The van der Waals surface area contributed by atoms with Crippen LogP contribution in [0.2, 0.25) is 0 Å². The van der Waals surface area contributed by atoms with E-state index in [-0.39, 0.29) is 12.0 Å². The molecule has 1 N–H and O–H groups in total. The van der Waals surface area contributed by atoms with Gasteiger partial charge in [-0.2, -0.15) is 0 Å². The van der Waals surface area contributed by atoms with E-state index < -0.39 is 5.79 Å². The molecule has 100 valence electrons. The second-order valence-corrected chi connectivity index (χ2v) is 4.00. The Hall–Kier alpha value is -0.650. The number of esters is 1. The van der Waals surface area contributed by atoms with E-state index in [1.54, 1.807) is 0 Å². The van der Waals surface area contributed by atoms with Crippen molar-refractivity contribution < 1.29 is 19.0 Å². The molecule has 5 heteroatoms. The molecule has 1 saturated heterocycles. The van der Waals surface area contributed by atoms with Crippen LogP contribution >= 0.6 is 0 Å². The van der Waals surface area contributed by atoms with E-state index in [0.717, 1.165) is 0 Å². The van der Waals surface area contributed by atoms with E-state index in [1.165, 1.54) is 0 Å². The fourth-order valence-corrected chi connectivity index (χ4v) is 2.09. The summed E-state index contributed by atoms with van der Waals surface area (Å²) in [5.74, 6) is -0.763. The lowest BCUT2D eigenvalue weighted by molar-refractivity contribution is -0.242. The molecule has 0 aromatic rings. The zero-order valence-corrected chi connectivity index (χ0v) is 11.0. The summed E-state index contributed by atoms with van der Waals surface area (Å²) in [6.07, 6.45) is 1.39. The van der Waals surface area contributed by atoms with E-state index in [9.17, 15) is 4.79 Å². The van der Waals surface area contributed by atoms with Crippen LogP contribution in [0, 0.1) is 0 Å². The van der Waals surface area contributed by atoms with Gasteiger partial charge in [0.2, 0.25) is 0 Å². The van der Waals surface area contributed by atoms with Crippen molar-refractivity contribution in [1.29, 1.82) is 0 Å². The smallest absolute Gasteiger partial charge is 0.323 e. The third-order valence-corrected chi connectivity index (χ3v) is 2.82. The predicted molar refractivity (Wildman–Crippen MR) is 63.6 cm³/mol. The van der Waals surface area contributed by atoms with E-state index in [1.807, 2.05) is 20.8 Å². The summed E-state index contributed by atoms with van der Waals surface area (Å²) in [6, 6.07) is -0.232. The Kier molecular flexibility index (Phi) is 5.88. The van der Waals surface area contributed by atoms with Gasteiger partial charge in [0.05, 0.1) is 13.2 Å². The van der Waals surface area contributed by atoms with Gasteiger partial charge in [-0.3, -0.25) is 10.1 Å². The Balaban J connectivity index is 2.48. The average molecular weight is 245 g/mol. The van der Waals surface area contributed by atoms with Gasteiger partial charge in [0.25, 0.3) is 0 Å². The summed E-state index contributed by atoms with van der Waals surface area (Å²) in [5.41, 5.74) is 0. The van der Waals surface area contributed by atoms with Gasteiger partial charge in [0.1, 0.15) is 6.04 Å². The largest absolute Gasteiger partial charge is 0.465 e. The van der Waals surface area contributed by atoms with Gasteiger partial charge in [-0.05, 0) is 27.2 Å². The summed E-state index contributed by atoms with van der Waals surface area (Å²) in [6.45, 7) is 7.84. The van der Waals surface area contributed by atoms with Gasteiger partial charge >= 0.3 is 5.97 Å². The number of rotatable bonds is 6. The minimum Gasteiger partial charge on any atom is -0.465 e. The van der Waals surface area contributed by atoms with Gasteiger partial charge in [-0.25, -0.2) is 0 Å². The maximum absolute atomic E-state index is 11.6. The summed E-state index contributed by atoms with van der Waals surface area (Å²) in [7, 11) is 0. The molecule has 1 aliphatic heterocycles. The second-order valence-electron chi connectivity index (χ2n) is 4.00. The highest BCUT2D eigenvalue weighted by atomic mass is 16.7. The molecule has 1 rings (SSSR count). The van der Waals surface area contributed by atoms with Gasteiger partial charge in [0.15, 0.2) is 5.79 Å². The van der Waals surface area contributed by atoms with Crippen molar-refractivity contribution in [2.45, 2.75) is 45.4 Å². The maximum atomic E-state index is 11.6. The van der Waals surface area contributed by atoms with Crippen molar-refractivity contribution in [1.82, 2.24) is 5.32 Å². The van der Waals surface area contributed by atoms with Gasteiger partial charge in [0, 0.05) is 19.6 Å². The fourth-order valence-electron chi connectivity index (χ4n) is 2.09. The minimum atomic E-state index is -0.577. The zero-order valence-electron chi connectivity index (χ0n) is 11.0. The van der Waals surface area contributed by atoms with Gasteiger partial charge in [-0.1, -0.05) is 0 Å². The van der Waals surface area contributed by atoms with E-state index >= 15 is 0 Å². The van der Waals surface area contributed by atoms with Crippen LogP contribution in [0.3, 0.4) is 0 Å². The predicted octanol–water partition coefficient (Wildman–Crippen LogP) is 1.07. The number of carbonyl (C=O) groups is 1.